The number of hydrogen-bond donors (Lipinski definition) is 0. The van der Waals surface area contributed by atoms with Gasteiger partial charge in [-0.3, -0.25) is 0 Å². The van der Waals surface area contributed by atoms with Gasteiger partial charge < -0.3 is 4.74 Å². The molecule has 0 N–H and O–H groups in total. The molecule has 0 saturated heterocycles. The Balaban J connectivity index is 1.87. The Hall–Kier alpha value is -1.56. The molecule has 0 saturated carbocycles. The van der Waals surface area contributed by atoms with Crippen molar-refractivity contribution in [1.29, 1.82) is 0 Å². The van der Waals surface area contributed by atoms with Crippen LogP contribution in [0.3, 0.4) is 0 Å². The molecule has 122 valence electrons. The second-order valence-corrected chi connectivity index (χ2v) is 7.18. The summed E-state index contributed by atoms with van der Waals surface area (Å²) in [6.07, 6.45) is 4.66. The number of rotatable bonds is 5. The Morgan fingerprint density at radius 3 is 2.67 bits per heavy atom. The Morgan fingerprint density at radius 1 is 1.17 bits per heavy atom. The summed E-state index contributed by atoms with van der Waals surface area (Å²) in [6, 6.07) is 10.5. The molecule has 24 heavy (non-hydrogen) atoms. The van der Waals surface area contributed by atoms with E-state index in [0.29, 0.717) is 11.3 Å². The molecule has 0 atom stereocenters. The van der Waals surface area contributed by atoms with E-state index in [1.807, 2.05) is 12.1 Å². The van der Waals surface area contributed by atoms with E-state index in [1.54, 1.807) is 24.4 Å². The van der Waals surface area contributed by atoms with Crippen molar-refractivity contribution in [1.82, 2.24) is 14.9 Å². The first-order valence-electron chi connectivity index (χ1n) is 6.88. The van der Waals surface area contributed by atoms with Crippen LogP contribution < -0.4 is 4.74 Å². The van der Waals surface area contributed by atoms with E-state index in [2.05, 4.69) is 60.5 Å². The second-order valence-electron chi connectivity index (χ2n) is 4.77. The van der Waals surface area contributed by atoms with Gasteiger partial charge in [-0.05, 0) is 63.4 Å². The predicted molar refractivity (Wildman–Crippen MR) is 106 cm³/mol. The van der Waals surface area contributed by atoms with E-state index in [1.165, 1.54) is 23.4 Å². The molecule has 0 spiro atoms. The standard InChI is InChI=1S/C16H11FI2N4O/c17-14-4-2-1-3-11(14)8-24-16-12(5-13(18)6-15(16)19)7-22-23-9-20-21-10-23/h1-7,9-10H,8H2. The summed E-state index contributed by atoms with van der Waals surface area (Å²) in [5, 5.41) is 11.7. The fraction of sp³-hybridized carbons (Fsp3) is 0.0625. The number of benzene rings is 2. The molecule has 0 amide bonds. The largest absolute Gasteiger partial charge is 0.487 e. The van der Waals surface area contributed by atoms with E-state index in [4.69, 9.17) is 4.74 Å². The maximum absolute atomic E-state index is 13.8. The normalized spacial score (nSPS) is 11.1. The zero-order chi connectivity index (χ0) is 16.9. The average Bonchev–Trinajstić information content (AvgIpc) is 3.06. The first-order chi connectivity index (χ1) is 11.6. The highest BCUT2D eigenvalue weighted by atomic mass is 127. The van der Waals surface area contributed by atoms with Crippen molar-refractivity contribution in [3.63, 3.8) is 0 Å². The molecule has 8 heteroatoms. The highest BCUT2D eigenvalue weighted by molar-refractivity contribution is 14.1. The Morgan fingerprint density at radius 2 is 1.92 bits per heavy atom. The highest BCUT2D eigenvalue weighted by Crippen LogP contribution is 2.28. The van der Waals surface area contributed by atoms with Crippen LogP contribution in [0.4, 0.5) is 4.39 Å². The van der Waals surface area contributed by atoms with Crippen molar-refractivity contribution < 1.29 is 9.13 Å². The molecule has 3 aromatic rings. The molecule has 0 aliphatic heterocycles. The first kappa shape index (κ1) is 17.3. The van der Waals surface area contributed by atoms with E-state index in [0.717, 1.165) is 12.7 Å². The summed E-state index contributed by atoms with van der Waals surface area (Å²) >= 11 is 4.43. The fourth-order valence-electron chi connectivity index (χ4n) is 1.98. The lowest BCUT2D eigenvalue weighted by molar-refractivity contribution is 0.297. The molecule has 0 aliphatic carbocycles. The molecule has 0 aliphatic rings. The van der Waals surface area contributed by atoms with Gasteiger partial charge in [-0.25, -0.2) is 9.07 Å². The zero-order valence-electron chi connectivity index (χ0n) is 12.2. The summed E-state index contributed by atoms with van der Waals surface area (Å²) in [5.41, 5.74) is 1.31. The van der Waals surface area contributed by atoms with Crippen LogP contribution >= 0.6 is 45.2 Å². The van der Waals surface area contributed by atoms with Crippen molar-refractivity contribution in [2.75, 3.05) is 0 Å². The van der Waals surface area contributed by atoms with Crippen molar-refractivity contribution in [3.8, 4) is 5.75 Å². The molecular weight excluding hydrogens is 537 g/mol. The van der Waals surface area contributed by atoms with Gasteiger partial charge in [-0.2, -0.15) is 5.10 Å². The van der Waals surface area contributed by atoms with Gasteiger partial charge in [0.15, 0.2) is 0 Å². The van der Waals surface area contributed by atoms with Crippen LogP contribution in [0.2, 0.25) is 0 Å². The van der Waals surface area contributed by atoms with Gasteiger partial charge in [-0.1, -0.05) is 18.2 Å². The van der Waals surface area contributed by atoms with Gasteiger partial charge in [0.1, 0.15) is 30.8 Å². The van der Waals surface area contributed by atoms with E-state index in [-0.39, 0.29) is 12.4 Å². The van der Waals surface area contributed by atoms with Crippen LogP contribution in [-0.2, 0) is 6.61 Å². The van der Waals surface area contributed by atoms with Gasteiger partial charge in [0.05, 0.1) is 9.78 Å². The minimum absolute atomic E-state index is 0.150. The maximum atomic E-state index is 13.8. The molecule has 2 aromatic carbocycles. The van der Waals surface area contributed by atoms with E-state index >= 15 is 0 Å². The van der Waals surface area contributed by atoms with Gasteiger partial charge in [0.25, 0.3) is 0 Å². The van der Waals surface area contributed by atoms with Gasteiger partial charge in [-0.15, -0.1) is 10.2 Å². The quantitative estimate of drug-likeness (QED) is 0.357. The molecule has 1 heterocycles. The summed E-state index contributed by atoms with van der Waals surface area (Å²) in [7, 11) is 0. The molecule has 3 rings (SSSR count). The smallest absolute Gasteiger partial charge is 0.142 e. The van der Waals surface area contributed by atoms with Gasteiger partial charge in [0, 0.05) is 14.7 Å². The predicted octanol–water partition coefficient (Wildman–Crippen LogP) is 4.09. The van der Waals surface area contributed by atoms with E-state index < -0.39 is 0 Å². The van der Waals surface area contributed by atoms with E-state index in [9.17, 15) is 4.39 Å². The van der Waals surface area contributed by atoms with Crippen molar-refractivity contribution >= 4 is 51.4 Å². The number of halogens is 3. The molecule has 5 nitrogen and oxygen atoms in total. The number of nitrogens with zero attached hydrogens (tertiary/aromatic N) is 4. The summed E-state index contributed by atoms with van der Waals surface area (Å²) in [5.74, 6) is 0.383. The van der Waals surface area contributed by atoms with Gasteiger partial charge in [0.2, 0.25) is 0 Å². The topological polar surface area (TPSA) is 52.3 Å². The Labute approximate surface area is 165 Å². The number of aromatic nitrogens is 3. The fourth-order valence-corrected chi connectivity index (χ4v) is 4.02. The summed E-state index contributed by atoms with van der Waals surface area (Å²) in [6.45, 7) is 0.150. The zero-order valence-corrected chi connectivity index (χ0v) is 16.5. The molecule has 0 bridgehead atoms. The lowest BCUT2D eigenvalue weighted by Gasteiger charge is -2.12. The lowest BCUT2D eigenvalue weighted by atomic mass is 10.2. The Bertz CT molecular complexity index is 869. The number of hydrogen-bond acceptors (Lipinski definition) is 4. The third-order valence-electron chi connectivity index (χ3n) is 3.10. The van der Waals surface area contributed by atoms with Crippen LogP contribution in [0.25, 0.3) is 0 Å². The maximum Gasteiger partial charge on any atom is 0.142 e. The highest BCUT2D eigenvalue weighted by Gasteiger charge is 2.11. The van der Waals surface area contributed by atoms with Crippen LogP contribution in [0.15, 0.2) is 54.2 Å². The molecule has 1 aromatic heterocycles. The number of ether oxygens (including phenoxy) is 1. The van der Waals surface area contributed by atoms with Crippen LogP contribution in [0.5, 0.6) is 5.75 Å². The van der Waals surface area contributed by atoms with Gasteiger partial charge >= 0.3 is 0 Å². The minimum Gasteiger partial charge on any atom is -0.487 e. The summed E-state index contributed by atoms with van der Waals surface area (Å²) < 4.78 is 23.1. The minimum atomic E-state index is -0.280. The molecule has 0 unspecified atom stereocenters. The first-order valence-corrected chi connectivity index (χ1v) is 9.03. The SMILES string of the molecule is Fc1ccccc1COc1c(I)cc(I)cc1C=Nn1cnnc1. The average molecular weight is 548 g/mol. The molecule has 0 fully saturated rings. The third kappa shape index (κ3) is 4.29. The van der Waals surface area contributed by atoms with Crippen LogP contribution in [0.1, 0.15) is 11.1 Å². The van der Waals surface area contributed by atoms with Crippen molar-refractivity contribution in [2.45, 2.75) is 6.61 Å². The van der Waals surface area contributed by atoms with Crippen LogP contribution in [0, 0.1) is 13.0 Å². The third-order valence-corrected chi connectivity index (χ3v) is 4.53. The lowest BCUT2D eigenvalue weighted by Crippen LogP contribution is -2.03. The van der Waals surface area contributed by atoms with Crippen LogP contribution in [-0.4, -0.2) is 21.1 Å². The second kappa shape index (κ2) is 8.01. The Kier molecular flexibility index (Phi) is 5.76. The molecular formula is C16H11FI2N4O. The van der Waals surface area contributed by atoms with Crippen molar-refractivity contribution in [2.24, 2.45) is 5.10 Å². The monoisotopic (exact) mass is 548 g/mol. The van der Waals surface area contributed by atoms with Crippen molar-refractivity contribution in [3.05, 3.63) is 73.1 Å². The summed E-state index contributed by atoms with van der Waals surface area (Å²) in [4.78, 5) is 0. The molecule has 0 radical (unpaired) electrons.